The molecular formula is C21H32N4O2. The molecule has 2 aliphatic rings. The Bertz CT molecular complexity index is 716. The average molecular weight is 373 g/mol. The minimum atomic E-state index is -0.407. The molecule has 0 unspecified atom stereocenters. The number of rotatable bonds is 3. The zero-order valence-electron chi connectivity index (χ0n) is 16.6. The third kappa shape index (κ3) is 4.54. The summed E-state index contributed by atoms with van der Waals surface area (Å²) in [4.78, 5) is 27.3. The van der Waals surface area contributed by atoms with Crippen LogP contribution in [0.5, 0.6) is 0 Å². The zero-order chi connectivity index (χ0) is 19.4. The minimum Gasteiger partial charge on any atom is -0.351 e. The van der Waals surface area contributed by atoms with Crippen LogP contribution in [-0.4, -0.2) is 52.5 Å². The Balaban J connectivity index is 1.67. The van der Waals surface area contributed by atoms with Crippen molar-refractivity contribution in [3.8, 4) is 0 Å². The molecule has 27 heavy (non-hydrogen) atoms. The smallest absolute Gasteiger partial charge is 0.314 e. The Morgan fingerprint density at radius 2 is 1.67 bits per heavy atom. The standard InChI is InChI=1S/C21H32N4O2/c1-16-15-18(17(2)25(16)19-7-4-3-5-8-19)9-10-20(26)23-11-6-12-24(14-13-23)21(22)27/h9-10,15,19H,3-8,11-14H2,1-2H3,(H2,22,27)/b10-9+. The van der Waals surface area contributed by atoms with Crippen molar-refractivity contribution < 1.29 is 9.59 Å². The zero-order valence-corrected chi connectivity index (χ0v) is 16.6. The predicted molar refractivity (Wildman–Crippen MR) is 107 cm³/mol. The molecule has 2 fully saturated rings. The Morgan fingerprint density at radius 1 is 1.00 bits per heavy atom. The topological polar surface area (TPSA) is 71.6 Å². The molecule has 1 aliphatic carbocycles. The number of amides is 3. The van der Waals surface area contributed by atoms with Crippen molar-refractivity contribution in [1.82, 2.24) is 14.4 Å². The molecule has 1 aromatic rings. The van der Waals surface area contributed by atoms with E-state index in [0.717, 1.165) is 12.0 Å². The second-order valence-corrected chi connectivity index (χ2v) is 7.83. The number of nitrogens with two attached hydrogens (primary N) is 1. The third-order valence-electron chi connectivity index (χ3n) is 5.99. The molecular weight excluding hydrogens is 340 g/mol. The Morgan fingerprint density at radius 3 is 2.37 bits per heavy atom. The third-order valence-corrected chi connectivity index (χ3v) is 5.99. The van der Waals surface area contributed by atoms with E-state index in [2.05, 4.69) is 24.5 Å². The van der Waals surface area contributed by atoms with Crippen LogP contribution >= 0.6 is 0 Å². The SMILES string of the molecule is Cc1cc(/C=C/C(=O)N2CCCN(C(N)=O)CC2)c(C)n1C1CCCCC1. The molecule has 6 nitrogen and oxygen atoms in total. The summed E-state index contributed by atoms with van der Waals surface area (Å²) >= 11 is 0. The molecule has 3 amide bonds. The van der Waals surface area contributed by atoms with Gasteiger partial charge < -0.3 is 20.1 Å². The van der Waals surface area contributed by atoms with Crippen LogP contribution in [0.15, 0.2) is 12.1 Å². The van der Waals surface area contributed by atoms with Crippen molar-refractivity contribution in [3.63, 3.8) is 0 Å². The first-order valence-electron chi connectivity index (χ1n) is 10.2. The molecule has 0 atom stereocenters. The van der Waals surface area contributed by atoms with E-state index in [-0.39, 0.29) is 5.91 Å². The highest BCUT2D eigenvalue weighted by Crippen LogP contribution is 2.32. The monoisotopic (exact) mass is 372 g/mol. The van der Waals surface area contributed by atoms with Gasteiger partial charge in [0.25, 0.3) is 0 Å². The summed E-state index contributed by atoms with van der Waals surface area (Å²) < 4.78 is 2.46. The Hall–Kier alpha value is -2.24. The van der Waals surface area contributed by atoms with E-state index in [4.69, 9.17) is 5.73 Å². The predicted octanol–water partition coefficient (Wildman–Crippen LogP) is 3.24. The largest absolute Gasteiger partial charge is 0.351 e. The molecule has 1 saturated carbocycles. The van der Waals surface area contributed by atoms with Crippen LogP contribution in [0.2, 0.25) is 0 Å². The van der Waals surface area contributed by atoms with Crippen LogP contribution in [0, 0.1) is 13.8 Å². The molecule has 0 radical (unpaired) electrons. The maximum atomic E-state index is 12.6. The van der Waals surface area contributed by atoms with E-state index in [1.54, 1.807) is 15.9 Å². The molecule has 1 saturated heterocycles. The number of urea groups is 1. The Labute approximate surface area is 162 Å². The Kier molecular flexibility index (Phi) is 6.24. The summed E-state index contributed by atoms with van der Waals surface area (Å²) in [6.45, 7) is 6.63. The lowest BCUT2D eigenvalue weighted by molar-refractivity contribution is -0.125. The lowest BCUT2D eigenvalue weighted by Crippen LogP contribution is -2.39. The number of nitrogens with zero attached hydrogens (tertiary/aromatic N) is 3. The van der Waals surface area contributed by atoms with Gasteiger partial charge in [0.15, 0.2) is 0 Å². The van der Waals surface area contributed by atoms with E-state index in [0.29, 0.717) is 32.2 Å². The summed E-state index contributed by atoms with van der Waals surface area (Å²) in [6.07, 6.45) is 10.9. The van der Waals surface area contributed by atoms with E-state index >= 15 is 0 Å². The van der Waals surface area contributed by atoms with Crippen LogP contribution in [0.25, 0.3) is 6.08 Å². The average Bonchev–Trinajstić information content (AvgIpc) is 2.82. The van der Waals surface area contributed by atoms with Crippen LogP contribution < -0.4 is 5.73 Å². The fourth-order valence-corrected chi connectivity index (χ4v) is 4.50. The van der Waals surface area contributed by atoms with Gasteiger partial charge in [0.2, 0.25) is 5.91 Å². The molecule has 1 aromatic heterocycles. The highest BCUT2D eigenvalue weighted by atomic mass is 16.2. The van der Waals surface area contributed by atoms with E-state index in [1.165, 1.54) is 43.5 Å². The second kappa shape index (κ2) is 8.63. The van der Waals surface area contributed by atoms with Gasteiger partial charge in [-0.3, -0.25) is 4.79 Å². The summed E-state index contributed by atoms with van der Waals surface area (Å²) in [7, 11) is 0. The second-order valence-electron chi connectivity index (χ2n) is 7.83. The maximum absolute atomic E-state index is 12.6. The number of aryl methyl sites for hydroxylation is 1. The highest BCUT2D eigenvalue weighted by Gasteiger charge is 2.21. The number of hydrogen-bond donors (Lipinski definition) is 1. The lowest BCUT2D eigenvalue weighted by Gasteiger charge is -2.26. The van der Waals surface area contributed by atoms with Crippen LogP contribution in [0.3, 0.4) is 0 Å². The molecule has 0 bridgehead atoms. The minimum absolute atomic E-state index is 0.00351. The highest BCUT2D eigenvalue weighted by molar-refractivity contribution is 5.92. The van der Waals surface area contributed by atoms with Gasteiger partial charge >= 0.3 is 6.03 Å². The number of primary amides is 1. The van der Waals surface area contributed by atoms with Gasteiger partial charge in [-0.05, 0) is 50.8 Å². The molecule has 2 N–H and O–H groups in total. The molecule has 3 rings (SSSR count). The number of hydrogen-bond acceptors (Lipinski definition) is 2. The fourth-order valence-electron chi connectivity index (χ4n) is 4.50. The molecule has 1 aliphatic heterocycles. The summed E-state index contributed by atoms with van der Waals surface area (Å²) in [5.41, 5.74) is 9.01. The fraction of sp³-hybridized carbons (Fsp3) is 0.619. The summed E-state index contributed by atoms with van der Waals surface area (Å²) in [5, 5.41) is 0. The van der Waals surface area contributed by atoms with Crippen molar-refractivity contribution in [2.24, 2.45) is 5.73 Å². The quantitative estimate of drug-likeness (QED) is 0.828. The normalized spacial score (nSPS) is 19.5. The van der Waals surface area contributed by atoms with E-state index in [9.17, 15) is 9.59 Å². The van der Waals surface area contributed by atoms with Crippen molar-refractivity contribution in [3.05, 3.63) is 29.1 Å². The molecule has 2 heterocycles. The summed E-state index contributed by atoms with van der Waals surface area (Å²) in [6, 6.07) is 2.38. The van der Waals surface area contributed by atoms with Crippen molar-refractivity contribution >= 4 is 18.0 Å². The van der Waals surface area contributed by atoms with E-state index < -0.39 is 6.03 Å². The van der Waals surface area contributed by atoms with Gasteiger partial charge in [0.1, 0.15) is 0 Å². The first-order valence-corrected chi connectivity index (χ1v) is 10.2. The van der Waals surface area contributed by atoms with Crippen LogP contribution in [0.4, 0.5) is 4.79 Å². The van der Waals surface area contributed by atoms with Gasteiger partial charge in [-0.25, -0.2) is 4.79 Å². The van der Waals surface area contributed by atoms with Gasteiger partial charge in [-0.2, -0.15) is 0 Å². The van der Waals surface area contributed by atoms with Gasteiger partial charge in [0.05, 0.1) is 0 Å². The van der Waals surface area contributed by atoms with E-state index in [1.807, 2.05) is 6.08 Å². The van der Waals surface area contributed by atoms with Crippen LogP contribution in [0.1, 0.15) is 61.5 Å². The maximum Gasteiger partial charge on any atom is 0.314 e. The van der Waals surface area contributed by atoms with Gasteiger partial charge in [0, 0.05) is 49.7 Å². The molecule has 0 spiro atoms. The number of carbonyl (C=O) groups is 2. The van der Waals surface area contributed by atoms with Crippen LogP contribution in [-0.2, 0) is 4.79 Å². The first-order chi connectivity index (χ1) is 13.0. The lowest BCUT2D eigenvalue weighted by atomic mass is 9.95. The first kappa shape index (κ1) is 19.5. The van der Waals surface area contributed by atoms with Gasteiger partial charge in [-0.1, -0.05) is 19.3 Å². The van der Waals surface area contributed by atoms with Gasteiger partial charge in [-0.15, -0.1) is 0 Å². The molecule has 148 valence electrons. The van der Waals surface area contributed by atoms with Crippen molar-refractivity contribution in [2.45, 2.75) is 58.4 Å². The summed E-state index contributed by atoms with van der Waals surface area (Å²) in [5.74, 6) is 0.00351. The molecule has 0 aromatic carbocycles. The molecule has 6 heteroatoms. The van der Waals surface area contributed by atoms with Crippen molar-refractivity contribution in [2.75, 3.05) is 26.2 Å². The number of aromatic nitrogens is 1. The number of carbonyl (C=O) groups excluding carboxylic acids is 2. The van der Waals surface area contributed by atoms with Crippen molar-refractivity contribution in [1.29, 1.82) is 0 Å².